The molecule has 32 heavy (non-hydrogen) atoms. The zero-order valence-corrected chi connectivity index (χ0v) is 18.2. The van der Waals surface area contributed by atoms with E-state index in [0.29, 0.717) is 28.0 Å². The van der Waals surface area contributed by atoms with Gasteiger partial charge >= 0.3 is 0 Å². The number of hydrogen-bond donors (Lipinski definition) is 2. The highest BCUT2D eigenvalue weighted by Gasteiger charge is 2.36. The van der Waals surface area contributed by atoms with Crippen LogP contribution in [0.25, 0.3) is 0 Å². The molecule has 1 atom stereocenters. The Kier molecular flexibility index (Phi) is 6.96. The number of aliphatic hydroxyl groups excluding tert-OH is 1. The van der Waals surface area contributed by atoms with Crippen molar-refractivity contribution in [1.82, 2.24) is 10.2 Å². The van der Waals surface area contributed by atoms with E-state index < -0.39 is 12.5 Å². The topological polar surface area (TPSA) is 78.9 Å². The van der Waals surface area contributed by atoms with Crippen molar-refractivity contribution in [1.29, 1.82) is 0 Å². The van der Waals surface area contributed by atoms with Crippen molar-refractivity contribution in [3.8, 4) is 5.75 Å². The van der Waals surface area contributed by atoms with Crippen LogP contribution in [0.15, 0.2) is 58.9 Å². The minimum Gasteiger partial charge on any atom is -0.487 e. The molecule has 2 N–H and O–H groups in total. The normalized spacial score (nSPS) is 16.6. The van der Waals surface area contributed by atoms with Gasteiger partial charge in [-0.05, 0) is 54.8 Å². The molecule has 0 aromatic heterocycles. The molecular formula is C24H26F2N2O4. The number of ether oxygens (including phenoxy) is 1. The van der Waals surface area contributed by atoms with Gasteiger partial charge in [-0.15, -0.1) is 5.73 Å². The molecule has 170 valence electrons. The maximum atomic E-state index is 13.1. The van der Waals surface area contributed by atoms with E-state index in [1.54, 1.807) is 42.2 Å². The molecule has 1 aliphatic carbocycles. The molecule has 1 aliphatic heterocycles. The summed E-state index contributed by atoms with van der Waals surface area (Å²) in [5.41, 5.74) is 5.76. The number of benzene rings is 1. The lowest BCUT2D eigenvalue weighted by molar-refractivity contribution is -0.127. The number of halogens is 2. The first-order valence-electron chi connectivity index (χ1n) is 10.3. The first kappa shape index (κ1) is 23.4. The van der Waals surface area contributed by atoms with Gasteiger partial charge < -0.3 is 20.1 Å². The van der Waals surface area contributed by atoms with Crippen molar-refractivity contribution in [2.75, 3.05) is 26.3 Å². The Morgan fingerprint density at radius 3 is 2.81 bits per heavy atom. The summed E-state index contributed by atoms with van der Waals surface area (Å²) in [6.07, 6.45) is 4.75. The van der Waals surface area contributed by atoms with E-state index in [4.69, 9.17) is 9.84 Å². The number of aryl methyl sites for hydroxylation is 1. The summed E-state index contributed by atoms with van der Waals surface area (Å²) >= 11 is 0. The predicted molar refractivity (Wildman–Crippen MR) is 115 cm³/mol. The minimum atomic E-state index is -2.93. The van der Waals surface area contributed by atoms with Crippen LogP contribution in [-0.4, -0.2) is 54.0 Å². The number of allylic oxidation sites excluding steroid dienone is 1. The maximum absolute atomic E-state index is 13.1. The van der Waals surface area contributed by atoms with Gasteiger partial charge in [0.2, 0.25) is 0 Å². The molecule has 6 nitrogen and oxygen atoms in total. The van der Waals surface area contributed by atoms with E-state index in [2.05, 4.69) is 11.0 Å². The molecule has 1 heterocycles. The Hall–Kier alpha value is -3.22. The molecule has 0 fully saturated rings. The van der Waals surface area contributed by atoms with Crippen molar-refractivity contribution >= 4 is 11.8 Å². The largest absolute Gasteiger partial charge is 0.487 e. The quantitative estimate of drug-likeness (QED) is 0.605. The lowest BCUT2D eigenvalue weighted by Gasteiger charge is -2.26. The average molecular weight is 444 g/mol. The summed E-state index contributed by atoms with van der Waals surface area (Å²) < 4.78 is 31.4. The highest BCUT2D eigenvalue weighted by atomic mass is 19.3. The average Bonchev–Trinajstić information content (AvgIpc) is 2.92. The SMILES string of the molecule is Cc1cc(C(C)N2CC3=C(C=C=CC=C3C(=O)NCCO)C2=O)ccc1OCC(C)(F)F. The number of nitrogens with one attached hydrogen (secondary N) is 1. The Morgan fingerprint density at radius 2 is 2.16 bits per heavy atom. The molecule has 0 saturated heterocycles. The van der Waals surface area contributed by atoms with Gasteiger partial charge in [-0.2, -0.15) is 0 Å². The monoisotopic (exact) mass is 444 g/mol. The third-order valence-corrected chi connectivity index (χ3v) is 5.32. The van der Waals surface area contributed by atoms with Crippen LogP contribution in [0.1, 0.15) is 31.0 Å². The van der Waals surface area contributed by atoms with Gasteiger partial charge in [0.05, 0.1) is 18.2 Å². The standard InChI is InChI=1S/C24H26F2N2O4/c1-15-12-17(8-9-21(15)32-14-24(3,25)26)16(2)28-13-20-18(22(30)27-10-11-29)6-4-5-7-19(20)23(28)31/h4,6-9,12,16,29H,10-11,13-14H2,1-3H3,(H,27,30). The van der Waals surface area contributed by atoms with Crippen molar-refractivity contribution < 1.29 is 28.2 Å². The lowest BCUT2D eigenvalue weighted by atomic mass is 10.0. The number of alkyl halides is 2. The molecule has 2 aliphatic rings. The number of hydrogen-bond acceptors (Lipinski definition) is 4. The zero-order chi connectivity index (χ0) is 23.5. The van der Waals surface area contributed by atoms with Crippen LogP contribution >= 0.6 is 0 Å². The second-order valence-corrected chi connectivity index (χ2v) is 7.92. The summed E-state index contributed by atoms with van der Waals surface area (Å²) in [6.45, 7) is 3.88. The zero-order valence-electron chi connectivity index (χ0n) is 18.2. The van der Waals surface area contributed by atoms with Crippen LogP contribution in [0.3, 0.4) is 0 Å². The second-order valence-electron chi connectivity index (χ2n) is 7.92. The Balaban J connectivity index is 1.80. The minimum absolute atomic E-state index is 0.113. The fourth-order valence-electron chi connectivity index (χ4n) is 3.62. The molecular weight excluding hydrogens is 418 g/mol. The summed E-state index contributed by atoms with van der Waals surface area (Å²) in [5, 5.41) is 11.6. The second kappa shape index (κ2) is 9.51. The number of carbonyl (C=O) groups is 2. The van der Waals surface area contributed by atoms with Gasteiger partial charge in [-0.3, -0.25) is 9.59 Å². The van der Waals surface area contributed by atoms with Crippen molar-refractivity contribution in [3.63, 3.8) is 0 Å². The van der Waals surface area contributed by atoms with Crippen LogP contribution in [0.4, 0.5) is 8.78 Å². The van der Waals surface area contributed by atoms with E-state index >= 15 is 0 Å². The molecule has 1 aromatic rings. The summed E-state index contributed by atoms with van der Waals surface area (Å²) in [6, 6.07) is 4.86. The Morgan fingerprint density at radius 1 is 1.41 bits per heavy atom. The molecule has 0 radical (unpaired) electrons. The van der Waals surface area contributed by atoms with E-state index in [0.717, 1.165) is 12.5 Å². The molecule has 8 heteroatoms. The Bertz CT molecular complexity index is 1050. The third-order valence-electron chi connectivity index (χ3n) is 5.32. The van der Waals surface area contributed by atoms with Crippen LogP contribution in [0.5, 0.6) is 5.75 Å². The highest BCUT2D eigenvalue weighted by molar-refractivity contribution is 6.07. The molecule has 0 bridgehead atoms. The van der Waals surface area contributed by atoms with Crippen LogP contribution in [0.2, 0.25) is 0 Å². The number of amides is 2. The first-order valence-corrected chi connectivity index (χ1v) is 10.3. The van der Waals surface area contributed by atoms with E-state index in [-0.39, 0.29) is 37.6 Å². The van der Waals surface area contributed by atoms with Gasteiger partial charge in [0, 0.05) is 25.6 Å². The molecule has 1 aromatic carbocycles. The predicted octanol–water partition coefficient (Wildman–Crippen LogP) is 2.99. The molecule has 0 saturated carbocycles. The van der Waals surface area contributed by atoms with E-state index in [1.807, 2.05) is 13.0 Å². The van der Waals surface area contributed by atoms with Crippen LogP contribution < -0.4 is 10.1 Å². The van der Waals surface area contributed by atoms with Gasteiger partial charge in [0.1, 0.15) is 5.75 Å². The van der Waals surface area contributed by atoms with E-state index in [1.165, 1.54) is 0 Å². The Labute approximate surface area is 185 Å². The third kappa shape index (κ3) is 5.15. The van der Waals surface area contributed by atoms with Crippen molar-refractivity contribution in [3.05, 3.63) is 70.0 Å². The van der Waals surface area contributed by atoms with Gasteiger partial charge in [0.15, 0.2) is 6.61 Å². The van der Waals surface area contributed by atoms with Gasteiger partial charge in [0.25, 0.3) is 17.7 Å². The maximum Gasteiger partial charge on any atom is 0.278 e. The molecule has 1 unspecified atom stereocenters. The molecule has 0 spiro atoms. The van der Waals surface area contributed by atoms with Crippen molar-refractivity contribution in [2.24, 2.45) is 0 Å². The number of carbonyl (C=O) groups excluding carboxylic acids is 2. The molecule has 2 amide bonds. The summed E-state index contributed by atoms with van der Waals surface area (Å²) in [7, 11) is 0. The fraction of sp³-hybridized carbons (Fsp3) is 0.375. The van der Waals surface area contributed by atoms with Crippen LogP contribution in [0, 0.1) is 6.92 Å². The highest BCUT2D eigenvalue weighted by Crippen LogP contribution is 2.35. The number of nitrogens with zero attached hydrogens (tertiary/aromatic N) is 1. The molecule has 3 rings (SSSR count). The van der Waals surface area contributed by atoms with Crippen LogP contribution in [-0.2, 0) is 9.59 Å². The fourth-order valence-corrected chi connectivity index (χ4v) is 3.62. The van der Waals surface area contributed by atoms with Crippen molar-refractivity contribution in [2.45, 2.75) is 32.7 Å². The first-order chi connectivity index (χ1) is 15.1. The van der Waals surface area contributed by atoms with Gasteiger partial charge in [-0.25, -0.2) is 8.78 Å². The number of aliphatic hydroxyl groups is 1. The smallest absolute Gasteiger partial charge is 0.278 e. The summed E-state index contributed by atoms with van der Waals surface area (Å²) in [5.74, 6) is -3.16. The van der Waals surface area contributed by atoms with E-state index in [9.17, 15) is 18.4 Å². The number of rotatable bonds is 8. The summed E-state index contributed by atoms with van der Waals surface area (Å²) in [4.78, 5) is 27.3. The van der Waals surface area contributed by atoms with Gasteiger partial charge in [-0.1, -0.05) is 12.1 Å². The lowest BCUT2D eigenvalue weighted by Crippen LogP contribution is -2.32.